The molecule has 0 saturated heterocycles. The Labute approximate surface area is 170 Å². The van der Waals surface area contributed by atoms with Gasteiger partial charge in [0.1, 0.15) is 0 Å². The van der Waals surface area contributed by atoms with Crippen LogP contribution in [0.1, 0.15) is 23.7 Å². The first kappa shape index (κ1) is 21.9. The van der Waals surface area contributed by atoms with Crippen LogP contribution in [0.4, 0.5) is 17.1 Å². The Morgan fingerprint density at radius 3 is 2.03 bits per heavy atom. The fourth-order valence-corrected chi connectivity index (χ4v) is 2.49. The van der Waals surface area contributed by atoms with Crippen molar-refractivity contribution in [3.8, 4) is 0 Å². The van der Waals surface area contributed by atoms with Crippen molar-refractivity contribution in [1.29, 1.82) is 0 Å². The van der Waals surface area contributed by atoms with Crippen molar-refractivity contribution in [3.63, 3.8) is 0 Å². The van der Waals surface area contributed by atoms with Crippen LogP contribution in [0.25, 0.3) is 0 Å². The summed E-state index contributed by atoms with van der Waals surface area (Å²) in [6, 6.07) is 13.7. The number of hydrogen-bond acceptors (Lipinski definition) is 5. The molecule has 8 heteroatoms. The van der Waals surface area contributed by atoms with Crippen LogP contribution >= 0.6 is 0 Å². The SMILES string of the molecule is COCCCNC(=O)c1ccc(NCC(=O)Nc2ccc(NC(C)=O)cc2)cc1. The summed E-state index contributed by atoms with van der Waals surface area (Å²) in [5.74, 6) is -0.508. The van der Waals surface area contributed by atoms with E-state index in [0.29, 0.717) is 30.1 Å². The van der Waals surface area contributed by atoms with Gasteiger partial charge in [-0.1, -0.05) is 0 Å². The molecule has 0 aliphatic carbocycles. The predicted molar refractivity (Wildman–Crippen MR) is 113 cm³/mol. The molecular formula is C21H26N4O4. The molecule has 2 aromatic rings. The molecule has 0 atom stereocenters. The summed E-state index contributed by atoms with van der Waals surface area (Å²) in [6.45, 7) is 2.67. The highest BCUT2D eigenvalue weighted by Gasteiger charge is 2.06. The van der Waals surface area contributed by atoms with Gasteiger partial charge in [-0.25, -0.2) is 0 Å². The predicted octanol–water partition coefficient (Wildman–Crippen LogP) is 2.46. The second-order valence-electron chi connectivity index (χ2n) is 6.34. The highest BCUT2D eigenvalue weighted by molar-refractivity contribution is 5.95. The first-order valence-electron chi connectivity index (χ1n) is 9.26. The van der Waals surface area contributed by atoms with E-state index in [-0.39, 0.29) is 24.3 Å². The first-order chi connectivity index (χ1) is 14.0. The molecule has 4 N–H and O–H groups in total. The van der Waals surface area contributed by atoms with E-state index in [1.54, 1.807) is 55.6 Å². The Hall–Kier alpha value is -3.39. The van der Waals surface area contributed by atoms with Crippen LogP contribution in [0.2, 0.25) is 0 Å². The average Bonchev–Trinajstić information content (AvgIpc) is 2.71. The molecule has 154 valence electrons. The zero-order valence-corrected chi connectivity index (χ0v) is 16.6. The van der Waals surface area contributed by atoms with Crippen molar-refractivity contribution in [2.45, 2.75) is 13.3 Å². The van der Waals surface area contributed by atoms with Crippen LogP contribution in [-0.2, 0) is 14.3 Å². The highest BCUT2D eigenvalue weighted by atomic mass is 16.5. The average molecular weight is 398 g/mol. The lowest BCUT2D eigenvalue weighted by molar-refractivity contribution is -0.115. The molecule has 2 rings (SSSR count). The number of carbonyl (C=O) groups is 3. The lowest BCUT2D eigenvalue weighted by Crippen LogP contribution is -2.25. The summed E-state index contributed by atoms with van der Waals surface area (Å²) in [7, 11) is 1.62. The van der Waals surface area contributed by atoms with Crippen LogP contribution in [0, 0.1) is 0 Å². The standard InChI is InChI=1S/C21H26N4O4/c1-15(26)24-18-8-10-19(11-9-18)25-20(27)14-23-17-6-4-16(5-7-17)21(28)22-12-3-13-29-2/h4-11,23H,3,12-14H2,1-2H3,(H,22,28)(H,24,26)(H,25,27). The summed E-state index contributed by atoms with van der Waals surface area (Å²) in [6.07, 6.45) is 0.757. The van der Waals surface area contributed by atoms with Crippen molar-refractivity contribution in [2.75, 3.05) is 42.8 Å². The Morgan fingerprint density at radius 1 is 0.862 bits per heavy atom. The van der Waals surface area contributed by atoms with E-state index in [1.165, 1.54) is 6.92 Å². The smallest absolute Gasteiger partial charge is 0.251 e. The molecule has 0 heterocycles. The molecule has 0 saturated carbocycles. The number of methoxy groups -OCH3 is 1. The summed E-state index contributed by atoms with van der Waals surface area (Å²) in [5, 5.41) is 11.3. The lowest BCUT2D eigenvalue weighted by atomic mass is 10.2. The fourth-order valence-electron chi connectivity index (χ4n) is 2.49. The van der Waals surface area contributed by atoms with E-state index in [1.807, 2.05) is 0 Å². The largest absolute Gasteiger partial charge is 0.385 e. The van der Waals surface area contributed by atoms with Gasteiger partial charge in [-0.2, -0.15) is 0 Å². The minimum Gasteiger partial charge on any atom is -0.385 e. The molecule has 0 aliphatic rings. The van der Waals surface area contributed by atoms with Gasteiger partial charge in [-0.05, 0) is 55.0 Å². The van der Waals surface area contributed by atoms with E-state index in [9.17, 15) is 14.4 Å². The van der Waals surface area contributed by atoms with E-state index < -0.39 is 0 Å². The van der Waals surface area contributed by atoms with Crippen LogP contribution < -0.4 is 21.3 Å². The van der Waals surface area contributed by atoms with Gasteiger partial charge in [0.25, 0.3) is 5.91 Å². The van der Waals surface area contributed by atoms with Gasteiger partial charge in [0.15, 0.2) is 0 Å². The van der Waals surface area contributed by atoms with E-state index >= 15 is 0 Å². The van der Waals surface area contributed by atoms with Crippen molar-refractivity contribution in [3.05, 3.63) is 54.1 Å². The number of rotatable bonds is 10. The fraction of sp³-hybridized carbons (Fsp3) is 0.286. The Kier molecular flexibility index (Phi) is 8.65. The van der Waals surface area contributed by atoms with Gasteiger partial charge >= 0.3 is 0 Å². The van der Waals surface area contributed by atoms with E-state index in [2.05, 4.69) is 21.3 Å². The van der Waals surface area contributed by atoms with Gasteiger partial charge in [0.2, 0.25) is 11.8 Å². The van der Waals surface area contributed by atoms with Crippen molar-refractivity contribution >= 4 is 34.8 Å². The third-order valence-corrected chi connectivity index (χ3v) is 3.90. The second kappa shape index (κ2) is 11.5. The topological polar surface area (TPSA) is 109 Å². The van der Waals surface area contributed by atoms with E-state index in [0.717, 1.165) is 12.1 Å². The van der Waals surface area contributed by atoms with Gasteiger partial charge in [-0.3, -0.25) is 14.4 Å². The second-order valence-corrected chi connectivity index (χ2v) is 6.34. The van der Waals surface area contributed by atoms with Crippen LogP contribution in [0.3, 0.4) is 0 Å². The van der Waals surface area contributed by atoms with Crippen LogP contribution in [-0.4, -0.2) is 44.5 Å². The molecule has 0 bridgehead atoms. The normalized spacial score (nSPS) is 10.1. The number of ether oxygens (including phenoxy) is 1. The number of anilines is 3. The molecule has 0 fully saturated rings. The lowest BCUT2D eigenvalue weighted by Gasteiger charge is -2.10. The summed E-state index contributed by atoms with van der Waals surface area (Å²) in [5.41, 5.74) is 2.58. The van der Waals surface area contributed by atoms with Crippen LogP contribution in [0.15, 0.2) is 48.5 Å². The molecule has 0 aromatic heterocycles. The molecule has 3 amide bonds. The molecule has 0 radical (unpaired) electrons. The minimum absolute atomic E-state index is 0.0794. The first-order valence-corrected chi connectivity index (χ1v) is 9.26. The highest BCUT2D eigenvalue weighted by Crippen LogP contribution is 2.14. The molecule has 2 aromatic carbocycles. The molecule has 0 spiro atoms. The molecule has 0 unspecified atom stereocenters. The van der Waals surface area contributed by atoms with Gasteiger partial charge < -0.3 is 26.0 Å². The van der Waals surface area contributed by atoms with Crippen molar-refractivity contribution in [1.82, 2.24) is 5.32 Å². The summed E-state index contributed by atoms with van der Waals surface area (Å²) in [4.78, 5) is 35.1. The van der Waals surface area contributed by atoms with Crippen molar-refractivity contribution in [2.24, 2.45) is 0 Å². The van der Waals surface area contributed by atoms with Crippen molar-refractivity contribution < 1.29 is 19.1 Å². The van der Waals surface area contributed by atoms with Crippen LogP contribution in [0.5, 0.6) is 0 Å². The van der Waals surface area contributed by atoms with Gasteiger partial charge in [0.05, 0.1) is 6.54 Å². The number of hydrogen-bond donors (Lipinski definition) is 4. The maximum Gasteiger partial charge on any atom is 0.251 e. The minimum atomic E-state index is -0.211. The molecule has 29 heavy (non-hydrogen) atoms. The van der Waals surface area contributed by atoms with Gasteiger partial charge in [-0.15, -0.1) is 0 Å². The zero-order valence-electron chi connectivity index (χ0n) is 16.6. The summed E-state index contributed by atoms with van der Waals surface area (Å²) >= 11 is 0. The molecule has 8 nitrogen and oxygen atoms in total. The third kappa shape index (κ3) is 8.02. The van der Waals surface area contributed by atoms with Gasteiger partial charge in [0, 0.05) is 49.8 Å². The Bertz CT molecular complexity index is 820. The molecular weight excluding hydrogens is 372 g/mol. The summed E-state index contributed by atoms with van der Waals surface area (Å²) < 4.78 is 4.94. The number of carbonyl (C=O) groups excluding carboxylic acids is 3. The maximum atomic E-state index is 12.1. The third-order valence-electron chi connectivity index (χ3n) is 3.90. The number of amides is 3. The van der Waals surface area contributed by atoms with E-state index in [4.69, 9.17) is 4.74 Å². The zero-order chi connectivity index (χ0) is 21.1. The Morgan fingerprint density at radius 2 is 1.45 bits per heavy atom. The Balaban J connectivity index is 1.76. The number of nitrogens with one attached hydrogen (secondary N) is 4. The monoisotopic (exact) mass is 398 g/mol. The maximum absolute atomic E-state index is 12.1. The quantitative estimate of drug-likeness (QED) is 0.460. The number of benzene rings is 2. The molecule has 0 aliphatic heterocycles.